The molecule has 0 bridgehead atoms. The SMILES string of the molecule is CSCCC(NC(=O)C(N)CCC(=O)O)C(=O)NC(CCC(=O)O)C(=O)O. The molecule has 3 unspecified atom stereocenters. The van der Waals surface area contributed by atoms with Crippen LogP contribution in [0, 0.1) is 0 Å². The highest BCUT2D eigenvalue weighted by Crippen LogP contribution is 2.05. The Labute approximate surface area is 160 Å². The fraction of sp³-hybridized carbons (Fsp3) is 0.667. The van der Waals surface area contributed by atoms with Gasteiger partial charge in [-0.1, -0.05) is 0 Å². The number of amides is 2. The van der Waals surface area contributed by atoms with Crippen molar-refractivity contribution in [2.24, 2.45) is 5.73 Å². The van der Waals surface area contributed by atoms with Crippen LogP contribution in [-0.4, -0.2) is 75.2 Å². The van der Waals surface area contributed by atoms with Gasteiger partial charge >= 0.3 is 17.9 Å². The predicted molar refractivity (Wildman–Crippen MR) is 96.2 cm³/mol. The minimum absolute atomic E-state index is 0.117. The number of hydrogen-bond acceptors (Lipinski definition) is 7. The van der Waals surface area contributed by atoms with Gasteiger partial charge in [0, 0.05) is 12.8 Å². The summed E-state index contributed by atoms with van der Waals surface area (Å²) in [6.07, 6.45) is 0.787. The molecule has 0 radical (unpaired) electrons. The van der Waals surface area contributed by atoms with Gasteiger partial charge in [0.25, 0.3) is 0 Å². The summed E-state index contributed by atoms with van der Waals surface area (Å²) in [6, 6.07) is -3.62. The van der Waals surface area contributed by atoms with Crippen LogP contribution in [0.4, 0.5) is 0 Å². The maximum absolute atomic E-state index is 12.4. The predicted octanol–water partition coefficient (Wildman–Crippen LogP) is -1.15. The molecule has 11 nitrogen and oxygen atoms in total. The van der Waals surface area contributed by atoms with E-state index in [9.17, 15) is 24.0 Å². The average molecular weight is 407 g/mol. The minimum atomic E-state index is -1.41. The number of nitrogens with one attached hydrogen (secondary N) is 2. The molecule has 0 fully saturated rings. The number of carboxylic acids is 3. The molecule has 2 amide bonds. The van der Waals surface area contributed by atoms with Crippen molar-refractivity contribution in [3.8, 4) is 0 Å². The molecule has 7 N–H and O–H groups in total. The molecule has 0 heterocycles. The van der Waals surface area contributed by atoms with Crippen molar-refractivity contribution in [1.82, 2.24) is 10.6 Å². The van der Waals surface area contributed by atoms with Gasteiger partial charge in [0.2, 0.25) is 11.8 Å². The summed E-state index contributed by atoms with van der Waals surface area (Å²) >= 11 is 1.40. The molecule has 0 saturated heterocycles. The van der Waals surface area contributed by atoms with E-state index in [0.717, 1.165) is 0 Å². The van der Waals surface area contributed by atoms with E-state index >= 15 is 0 Å². The molecule has 0 saturated carbocycles. The topological polar surface area (TPSA) is 196 Å². The Balaban J connectivity index is 4.95. The standard InChI is InChI=1S/C15H25N3O8S/c1-27-7-6-9(17-13(23)8(16)2-4-11(19)20)14(24)18-10(15(25)26)3-5-12(21)22/h8-10H,2-7,16H2,1H3,(H,17,23)(H,18,24)(H,19,20)(H,21,22)(H,25,26). The summed E-state index contributed by atoms with van der Waals surface area (Å²) in [5.41, 5.74) is 5.60. The number of thioether (sulfide) groups is 1. The molecule has 0 aliphatic rings. The van der Waals surface area contributed by atoms with E-state index in [1.165, 1.54) is 11.8 Å². The summed E-state index contributed by atoms with van der Waals surface area (Å²) in [5, 5.41) is 31.0. The second kappa shape index (κ2) is 12.9. The van der Waals surface area contributed by atoms with Crippen molar-refractivity contribution in [1.29, 1.82) is 0 Å². The first-order valence-corrected chi connectivity index (χ1v) is 9.49. The zero-order chi connectivity index (χ0) is 21.0. The minimum Gasteiger partial charge on any atom is -0.481 e. The van der Waals surface area contributed by atoms with Crippen molar-refractivity contribution >= 4 is 41.5 Å². The van der Waals surface area contributed by atoms with E-state index in [1.54, 1.807) is 6.26 Å². The number of aliphatic carboxylic acids is 3. The highest BCUT2D eigenvalue weighted by atomic mass is 32.2. The lowest BCUT2D eigenvalue weighted by molar-refractivity contribution is -0.143. The van der Waals surface area contributed by atoms with Gasteiger partial charge in [-0.3, -0.25) is 19.2 Å². The molecule has 3 atom stereocenters. The molecule has 0 aromatic rings. The molecule has 0 rings (SSSR count). The van der Waals surface area contributed by atoms with Crippen LogP contribution < -0.4 is 16.4 Å². The Morgan fingerprint density at radius 2 is 1.37 bits per heavy atom. The van der Waals surface area contributed by atoms with Gasteiger partial charge in [0.15, 0.2) is 0 Å². The van der Waals surface area contributed by atoms with Gasteiger partial charge in [0.05, 0.1) is 6.04 Å². The van der Waals surface area contributed by atoms with Crippen molar-refractivity contribution in [2.75, 3.05) is 12.0 Å². The molecule has 0 spiro atoms. The molecule has 154 valence electrons. The number of rotatable bonds is 14. The highest BCUT2D eigenvalue weighted by molar-refractivity contribution is 7.98. The molecular formula is C15H25N3O8S. The summed E-state index contributed by atoms with van der Waals surface area (Å²) in [7, 11) is 0. The van der Waals surface area contributed by atoms with Crippen LogP contribution in [0.15, 0.2) is 0 Å². The fourth-order valence-electron chi connectivity index (χ4n) is 1.99. The van der Waals surface area contributed by atoms with E-state index < -0.39 is 54.3 Å². The van der Waals surface area contributed by atoms with Crippen LogP contribution in [0.3, 0.4) is 0 Å². The molecular weight excluding hydrogens is 382 g/mol. The lowest BCUT2D eigenvalue weighted by Crippen LogP contribution is -2.54. The van der Waals surface area contributed by atoms with E-state index in [-0.39, 0.29) is 25.7 Å². The van der Waals surface area contributed by atoms with Gasteiger partial charge in [-0.05, 0) is 31.3 Å². The van der Waals surface area contributed by atoms with Crippen LogP contribution in [-0.2, 0) is 24.0 Å². The Bertz CT molecular complexity index is 557. The Hall–Kier alpha value is -2.34. The summed E-state index contributed by atoms with van der Waals surface area (Å²) < 4.78 is 0. The van der Waals surface area contributed by atoms with Crippen LogP contribution in [0.1, 0.15) is 32.1 Å². The van der Waals surface area contributed by atoms with E-state index in [1.807, 2.05) is 0 Å². The zero-order valence-electron chi connectivity index (χ0n) is 14.8. The van der Waals surface area contributed by atoms with Gasteiger partial charge in [0.1, 0.15) is 12.1 Å². The molecule has 27 heavy (non-hydrogen) atoms. The smallest absolute Gasteiger partial charge is 0.326 e. The molecule has 0 aromatic carbocycles. The van der Waals surface area contributed by atoms with Gasteiger partial charge in [-0.25, -0.2) is 4.79 Å². The molecule has 0 aromatic heterocycles. The Morgan fingerprint density at radius 3 is 1.85 bits per heavy atom. The first-order valence-electron chi connectivity index (χ1n) is 8.10. The number of carbonyl (C=O) groups excluding carboxylic acids is 2. The maximum Gasteiger partial charge on any atom is 0.326 e. The van der Waals surface area contributed by atoms with Crippen molar-refractivity contribution in [3.63, 3.8) is 0 Å². The summed E-state index contributed by atoms with van der Waals surface area (Å²) in [5.74, 6) is -4.73. The first-order chi connectivity index (χ1) is 12.6. The highest BCUT2D eigenvalue weighted by Gasteiger charge is 2.28. The third-order valence-corrected chi connectivity index (χ3v) is 4.16. The van der Waals surface area contributed by atoms with Crippen molar-refractivity contribution in [3.05, 3.63) is 0 Å². The normalized spacial score (nSPS) is 13.9. The van der Waals surface area contributed by atoms with Gasteiger partial charge < -0.3 is 31.7 Å². The van der Waals surface area contributed by atoms with Crippen molar-refractivity contribution in [2.45, 2.75) is 50.2 Å². The van der Waals surface area contributed by atoms with Crippen LogP contribution in [0.25, 0.3) is 0 Å². The maximum atomic E-state index is 12.4. The third-order valence-electron chi connectivity index (χ3n) is 3.51. The lowest BCUT2D eigenvalue weighted by atomic mass is 10.1. The van der Waals surface area contributed by atoms with E-state index in [4.69, 9.17) is 21.1 Å². The first kappa shape index (κ1) is 24.7. The monoisotopic (exact) mass is 407 g/mol. The lowest BCUT2D eigenvalue weighted by Gasteiger charge is -2.22. The zero-order valence-corrected chi connectivity index (χ0v) is 15.7. The largest absolute Gasteiger partial charge is 0.481 e. The molecule has 0 aliphatic carbocycles. The number of hydrogen-bond donors (Lipinski definition) is 6. The quantitative estimate of drug-likeness (QED) is 0.204. The number of carbonyl (C=O) groups is 5. The Morgan fingerprint density at radius 1 is 0.852 bits per heavy atom. The number of carboxylic acid groups (broad SMARTS) is 3. The van der Waals surface area contributed by atoms with Gasteiger partial charge in [-0.2, -0.15) is 11.8 Å². The van der Waals surface area contributed by atoms with Crippen LogP contribution in [0.5, 0.6) is 0 Å². The van der Waals surface area contributed by atoms with Gasteiger partial charge in [-0.15, -0.1) is 0 Å². The van der Waals surface area contributed by atoms with E-state index in [0.29, 0.717) is 5.75 Å². The van der Waals surface area contributed by atoms with Crippen molar-refractivity contribution < 1.29 is 39.3 Å². The third kappa shape index (κ3) is 11.1. The molecule has 12 heteroatoms. The summed E-state index contributed by atoms with van der Waals surface area (Å²) in [4.78, 5) is 56.7. The fourth-order valence-corrected chi connectivity index (χ4v) is 2.46. The summed E-state index contributed by atoms with van der Waals surface area (Å²) in [6.45, 7) is 0. The Kier molecular flexibility index (Phi) is 11.8. The average Bonchev–Trinajstić information content (AvgIpc) is 2.58. The van der Waals surface area contributed by atoms with Crippen LogP contribution >= 0.6 is 11.8 Å². The second-order valence-corrected chi connectivity index (χ2v) is 6.70. The van der Waals surface area contributed by atoms with E-state index in [2.05, 4.69) is 10.6 Å². The second-order valence-electron chi connectivity index (χ2n) is 5.71. The van der Waals surface area contributed by atoms with Crippen LogP contribution in [0.2, 0.25) is 0 Å². The molecule has 0 aliphatic heterocycles. The number of nitrogens with two attached hydrogens (primary N) is 1.